The van der Waals surface area contributed by atoms with Crippen molar-refractivity contribution in [2.75, 3.05) is 25.4 Å². The number of nitrogen functional groups attached to an aromatic ring is 1. The Morgan fingerprint density at radius 1 is 1.59 bits per heavy atom. The minimum Gasteiger partial charge on any atom is -0.379 e. The molecule has 0 aromatic carbocycles. The molecule has 0 radical (unpaired) electrons. The van der Waals surface area contributed by atoms with Crippen LogP contribution in [0.1, 0.15) is 30.3 Å². The van der Waals surface area contributed by atoms with Gasteiger partial charge in [-0.05, 0) is 30.1 Å². The largest absolute Gasteiger partial charge is 0.379 e. The number of rotatable bonds is 4. The van der Waals surface area contributed by atoms with Crippen molar-refractivity contribution >= 4 is 11.7 Å². The van der Waals surface area contributed by atoms with Gasteiger partial charge in [-0.2, -0.15) is 0 Å². The highest BCUT2D eigenvalue weighted by Gasteiger charge is 2.25. The molecule has 0 aliphatic carbocycles. The van der Waals surface area contributed by atoms with Gasteiger partial charge in [0.2, 0.25) is 11.5 Å². The molecule has 1 unspecified atom stereocenters. The number of nitrogens with two attached hydrogens (primary N) is 1. The van der Waals surface area contributed by atoms with E-state index in [-0.39, 0.29) is 23.5 Å². The molecule has 0 saturated carbocycles. The van der Waals surface area contributed by atoms with Gasteiger partial charge in [-0.25, -0.2) is 4.63 Å². The lowest BCUT2D eigenvalue weighted by Gasteiger charge is -2.22. The number of hydrogen-bond donors (Lipinski definition) is 1. The van der Waals surface area contributed by atoms with Gasteiger partial charge < -0.3 is 15.4 Å². The highest BCUT2D eigenvalue weighted by Crippen LogP contribution is 2.15. The van der Waals surface area contributed by atoms with Gasteiger partial charge in [0, 0.05) is 19.7 Å². The Hall–Kier alpha value is -1.63. The minimum atomic E-state index is -0.262. The maximum absolute atomic E-state index is 12.1. The fourth-order valence-electron chi connectivity index (χ4n) is 1.88. The van der Waals surface area contributed by atoms with E-state index in [9.17, 15) is 4.79 Å². The molecular weight excluding hydrogens is 224 g/mol. The zero-order valence-electron chi connectivity index (χ0n) is 9.76. The second kappa shape index (κ2) is 5.13. The minimum absolute atomic E-state index is 0.0285. The van der Waals surface area contributed by atoms with Gasteiger partial charge in [-0.15, -0.1) is 0 Å². The van der Waals surface area contributed by atoms with Crippen molar-refractivity contribution in [2.45, 2.75) is 25.9 Å². The highest BCUT2D eigenvalue weighted by atomic mass is 16.6. The van der Waals surface area contributed by atoms with Crippen LogP contribution >= 0.6 is 0 Å². The summed E-state index contributed by atoms with van der Waals surface area (Å²) < 4.78 is 9.93. The molecule has 1 aliphatic rings. The van der Waals surface area contributed by atoms with Crippen LogP contribution in [-0.4, -0.2) is 46.9 Å². The average Bonchev–Trinajstić information content (AvgIpc) is 2.96. The maximum Gasteiger partial charge on any atom is 0.280 e. The molecule has 1 amide bonds. The number of anilines is 1. The summed E-state index contributed by atoms with van der Waals surface area (Å²) in [4.78, 5) is 13.7. The SMILES string of the molecule is CCN(CC1CCCO1)C(=O)c1nonc1N. The predicted molar refractivity (Wildman–Crippen MR) is 59.3 cm³/mol. The molecule has 7 heteroatoms. The summed E-state index contributed by atoms with van der Waals surface area (Å²) in [5.74, 6) is -0.234. The first-order valence-corrected chi connectivity index (χ1v) is 5.71. The summed E-state index contributed by atoms with van der Waals surface area (Å²) in [7, 11) is 0. The molecule has 2 heterocycles. The van der Waals surface area contributed by atoms with Gasteiger partial charge in [0.15, 0.2) is 0 Å². The molecule has 1 saturated heterocycles. The lowest BCUT2D eigenvalue weighted by Crippen LogP contribution is -2.37. The summed E-state index contributed by atoms with van der Waals surface area (Å²) in [6.45, 7) is 3.80. The Morgan fingerprint density at radius 2 is 2.41 bits per heavy atom. The Morgan fingerprint density at radius 3 is 2.94 bits per heavy atom. The molecule has 0 bridgehead atoms. The molecule has 2 rings (SSSR count). The molecule has 0 spiro atoms. The van der Waals surface area contributed by atoms with Crippen molar-refractivity contribution in [1.82, 2.24) is 15.2 Å². The van der Waals surface area contributed by atoms with Crippen molar-refractivity contribution in [2.24, 2.45) is 0 Å². The Labute approximate surface area is 98.9 Å². The third-order valence-corrected chi connectivity index (χ3v) is 2.83. The fraction of sp³-hybridized carbons (Fsp3) is 0.700. The van der Waals surface area contributed by atoms with E-state index in [0.29, 0.717) is 13.1 Å². The Kier molecular flexibility index (Phi) is 3.58. The first-order chi connectivity index (χ1) is 8.22. The van der Waals surface area contributed by atoms with E-state index < -0.39 is 0 Å². The summed E-state index contributed by atoms with van der Waals surface area (Å²) in [5, 5.41) is 6.92. The van der Waals surface area contributed by atoms with Crippen LogP contribution in [0.4, 0.5) is 5.82 Å². The van der Waals surface area contributed by atoms with E-state index in [2.05, 4.69) is 14.9 Å². The molecule has 1 aliphatic heterocycles. The molecule has 94 valence electrons. The number of hydrogen-bond acceptors (Lipinski definition) is 6. The third-order valence-electron chi connectivity index (χ3n) is 2.83. The van der Waals surface area contributed by atoms with Crippen LogP contribution in [0.2, 0.25) is 0 Å². The van der Waals surface area contributed by atoms with E-state index in [1.807, 2.05) is 6.92 Å². The van der Waals surface area contributed by atoms with Gasteiger partial charge in [0.25, 0.3) is 5.91 Å². The predicted octanol–water partition coefficient (Wildman–Crippen LogP) is 0.293. The molecule has 1 atom stereocenters. The maximum atomic E-state index is 12.1. The molecular formula is C10H16N4O3. The molecule has 2 N–H and O–H groups in total. The van der Waals surface area contributed by atoms with Gasteiger partial charge in [-0.3, -0.25) is 4.79 Å². The fourth-order valence-corrected chi connectivity index (χ4v) is 1.88. The van der Waals surface area contributed by atoms with Crippen LogP contribution in [0.5, 0.6) is 0 Å². The van der Waals surface area contributed by atoms with Crippen molar-refractivity contribution in [3.63, 3.8) is 0 Å². The van der Waals surface area contributed by atoms with Crippen molar-refractivity contribution in [1.29, 1.82) is 0 Å². The second-order valence-electron chi connectivity index (χ2n) is 3.98. The number of aromatic nitrogens is 2. The monoisotopic (exact) mass is 240 g/mol. The highest BCUT2D eigenvalue weighted by molar-refractivity contribution is 5.96. The number of likely N-dealkylation sites (N-methyl/N-ethyl adjacent to an activating group) is 1. The van der Waals surface area contributed by atoms with Crippen LogP contribution in [0.25, 0.3) is 0 Å². The molecule has 17 heavy (non-hydrogen) atoms. The van der Waals surface area contributed by atoms with Crippen molar-refractivity contribution in [3.8, 4) is 0 Å². The van der Waals surface area contributed by atoms with Gasteiger partial charge in [0.05, 0.1) is 6.10 Å². The third kappa shape index (κ3) is 2.55. The zero-order chi connectivity index (χ0) is 12.3. The van der Waals surface area contributed by atoms with Gasteiger partial charge in [0.1, 0.15) is 0 Å². The van der Waals surface area contributed by atoms with E-state index in [0.717, 1.165) is 19.4 Å². The molecule has 1 fully saturated rings. The van der Waals surface area contributed by atoms with E-state index in [4.69, 9.17) is 10.5 Å². The average molecular weight is 240 g/mol. The number of carbonyl (C=O) groups is 1. The van der Waals surface area contributed by atoms with Crippen molar-refractivity contribution in [3.05, 3.63) is 5.69 Å². The smallest absolute Gasteiger partial charge is 0.280 e. The summed E-state index contributed by atoms with van der Waals surface area (Å²) in [6.07, 6.45) is 2.14. The summed E-state index contributed by atoms with van der Waals surface area (Å²) in [5.41, 5.74) is 5.57. The lowest BCUT2D eigenvalue weighted by molar-refractivity contribution is 0.0531. The number of ether oxygens (including phenoxy) is 1. The lowest BCUT2D eigenvalue weighted by atomic mass is 10.2. The normalized spacial score (nSPS) is 19.5. The van der Waals surface area contributed by atoms with Crippen LogP contribution in [-0.2, 0) is 4.74 Å². The summed E-state index contributed by atoms with van der Waals surface area (Å²) in [6, 6.07) is 0. The first kappa shape index (κ1) is 11.8. The Bertz CT molecular complexity index is 387. The standard InChI is InChI=1S/C10H16N4O3/c1-2-14(6-7-4-3-5-16-7)10(15)8-9(11)13-17-12-8/h7H,2-6H2,1H3,(H2,11,13). The Balaban J connectivity index is 2.02. The van der Waals surface area contributed by atoms with Gasteiger partial charge >= 0.3 is 0 Å². The number of carbonyl (C=O) groups excluding carboxylic acids is 1. The summed E-state index contributed by atoms with van der Waals surface area (Å²) >= 11 is 0. The quantitative estimate of drug-likeness (QED) is 0.813. The van der Waals surface area contributed by atoms with Crippen LogP contribution in [0.15, 0.2) is 4.63 Å². The first-order valence-electron chi connectivity index (χ1n) is 5.71. The number of amides is 1. The van der Waals surface area contributed by atoms with E-state index in [1.54, 1.807) is 4.90 Å². The zero-order valence-corrected chi connectivity index (χ0v) is 9.76. The topological polar surface area (TPSA) is 94.5 Å². The van der Waals surface area contributed by atoms with Crippen LogP contribution in [0.3, 0.4) is 0 Å². The molecule has 1 aromatic rings. The van der Waals surface area contributed by atoms with Crippen LogP contribution < -0.4 is 5.73 Å². The number of nitrogens with zero attached hydrogens (tertiary/aromatic N) is 3. The second-order valence-corrected chi connectivity index (χ2v) is 3.98. The van der Waals surface area contributed by atoms with E-state index >= 15 is 0 Å². The molecule has 7 nitrogen and oxygen atoms in total. The van der Waals surface area contributed by atoms with Crippen molar-refractivity contribution < 1.29 is 14.2 Å². The van der Waals surface area contributed by atoms with E-state index in [1.165, 1.54) is 0 Å². The van der Waals surface area contributed by atoms with Crippen LogP contribution in [0, 0.1) is 0 Å². The molecule has 1 aromatic heterocycles. The van der Waals surface area contributed by atoms with Gasteiger partial charge in [-0.1, -0.05) is 0 Å².